The first-order chi connectivity index (χ1) is 7.66. The fraction of sp³-hybridized carbons (Fsp3) is 0. The Morgan fingerprint density at radius 2 is 2.00 bits per heavy atom. The predicted molar refractivity (Wildman–Crippen MR) is 69.5 cm³/mol. The maximum absolute atomic E-state index is 5.87. The minimum absolute atomic E-state index is 0.361. The molecule has 82 valence electrons. The van der Waals surface area contributed by atoms with E-state index in [0.29, 0.717) is 20.5 Å². The minimum atomic E-state index is 0.361. The maximum atomic E-state index is 5.87. The summed E-state index contributed by atoms with van der Waals surface area (Å²) < 4.78 is 0.622. The lowest BCUT2D eigenvalue weighted by molar-refractivity contribution is 1.15. The lowest BCUT2D eigenvalue weighted by atomic mass is 10.3. The monoisotopic (exact) mass is 317 g/mol. The third kappa shape index (κ3) is 2.64. The maximum Gasteiger partial charge on any atom is 0.149 e. The first-order valence-corrected chi connectivity index (χ1v) is 5.90. The highest BCUT2D eigenvalue weighted by atomic mass is 79.9. The molecule has 0 saturated carbocycles. The zero-order valence-corrected chi connectivity index (χ0v) is 11.0. The summed E-state index contributed by atoms with van der Waals surface area (Å²) >= 11 is 15.0. The van der Waals surface area contributed by atoms with Crippen molar-refractivity contribution in [2.24, 2.45) is 0 Å². The molecule has 0 aliphatic carbocycles. The van der Waals surface area contributed by atoms with Gasteiger partial charge in [-0.3, -0.25) is 0 Å². The standard InChI is InChI=1S/C10H6BrCl2N3/c11-8-9(13)14-5-15-10(8)16-7-3-1-2-6(12)4-7/h1-5H,(H,14,15,16). The number of nitrogens with one attached hydrogen (secondary N) is 1. The number of hydrogen-bond acceptors (Lipinski definition) is 3. The van der Waals surface area contributed by atoms with Crippen LogP contribution in [0.1, 0.15) is 0 Å². The molecule has 6 heteroatoms. The van der Waals surface area contributed by atoms with E-state index >= 15 is 0 Å². The van der Waals surface area contributed by atoms with Crippen LogP contribution < -0.4 is 5.32 Å². The summed E-state index contributed by atoms with van der Waals surface area (Å²) in [5, 5.41) is 4.10. The van der Waals surface area contributed by atoms with Gasteiger partial charge in [-0.25, -0.2) is 9.97 Å². The molecule has 1 aromatic heterocycles. The lowest BCUT2D eigenvalue weighted by Gasteiger charge is -2.07. The van der Waals surface area contributed by atoms with E-state index in [4.69, 9.17) is 23.2 Å². The molecule has 0 aliphatic rings. The van der Waals surface area contributed by atoms with Crippen molar-refractivity contribution in [1.29, 1.82) is 0 Å². The van der Waals surface area contributed by atoms with Gasteiger partial charge in [0.1, 0.15) is 17.3 Å². The Bertz CT molecular complexity index is 519. The molecule has 0 saturated heterocycles. The van der Waals surface area contributed by atoms with Gasteiger partial charge in [-0.1, -0.05) is 29.3 Å². The molecule has 1 aromatic carbocycles. The van der Waals surface area contributed by atoms with E-state index in [-0.39, 0.29) is 0 Å². The summed E-state index contributed by atoms with van der Waals surface area (Å²) in [7, 11) is 0. The van der Waals surface area contributed by atoms with E-state index in [0.717, 1.165) is 5.69 Å². The van der Waals surface area contributed by atoms with Gasteiger partial charge in [-0.05, 0) is 34.1 Å². The fourth-order valence-corrected chi connectivity index (χ4v) is 1.77. The van der Waals surface area contributed by atoms with Gasteiger partial charge in [-0.2, -0.15) is 0 Å². The molecular formula is C10H6BrCl2N3. The number of hydrogen-bond donors (Lipinski definition) is 1. The van der Waals surface area contributed by atoms with Crippen molar-refractivity contribution < 1.29 is 0 Å². The Hall–Kier alpha value is -0.840. The first-order valence-electron chi connectivity index (χ1n) is 4.35. The van der Waals surface area contributed by atoms with Gasteiger partial charge in [0.15, 0.2) is 0 Å². The van der Waals surface area contributed by atoms with Crippen molar-refractivity contribution >= 4 is 50.6 Å². The summed E-state index contributed by atoms with van der Waals surface area (Å²) in [5.74, 6) is 0.599. The van der Waals surface area contributed by atoms with E-state index in [9.17, 15) is 0 Å². The summed E-state index contributed by atoms with van der Waals surface area (Å²) in [4.78, 5) is 7.91. The summed E-state index contributed by atoms with van der Waals surface area (Å²) in [6, 6.07) is 7.33. The van der Waals surface area contributed by atoms with Gasteiger partial charge in [-0.15, -0.1) is 0 Å². The molecule has 1 heterocycles. The van der Waals surface area contributed by atoms with Crippen molar-refractivity contribution in [3.05, 3.63) is 45.2 Å². The second-order valence-corrected chi connectivity index (χ2v) is 4.55. The highest BCUT2D eigenvalue weighted by Crippen LogP contribution is 2.29. The third-order valence-corrected chi connectivity index (χ3v) is 3.34. The molecule has 2 rings (SSSR count). The van der Waals surface area contributed by atoms with E-state index in [2.05, 4.69) is 31.2 Å². The molecule has 0 fully saturated rings. The highest BCUT2D eigenvalue weighted by molar-refractivity contribution is 9.10. The molecular weight excluding hydrogens is 313 g/mol. The Morgan fingerprint density at radius 1 is 1.19 bits per heavy atom. The molecule has 1 N–H and O–H groups in total. The molecule has 0 aliphatic heterocycles. The number of halogens is 3. The molecule has 0 unspecified atom stereocenters. The van der Waals surface area contributed by atoms with Crippen LogP contribution in [-0.2, 0) is 0 Å². The quantitative estimate of drug-likeness (QED) is 0.839. The summed E-state index contributed by atoms with van der Waals surface area (Å²) in [6.45, 7) is 0. The zero-order chi connectivity index (χ0) is 11.5. The number of nitrogens with zero attached hydrogens (tertiary/aromatic N) is 2. The van der Waals surface area contributed by atoms with Crippen LogP contribution in [0.3, 0.4) is 0 Å². The smallest absolute Gasteiger partial charge is 0.149 e. The van der Waals surface area contributed by atoms with E-state index in [1.54, 1.807) is 12.1 Å². The number of anilines is 2. The van der Waals surface area contributed by atoms with Crippen molar-refractivity contribution in [3.63, 3.8) is 0 Å². The molecule has 0 radical (unpaired) electrons. The normalized spacial score (nSPS) is 10.2. The number of aromatic nitrogens is 2. The summed E-state index contributed by atoms with van der Waals surface area (Å²) in [6.07, 6.45) is 1.39. The van der Waals surface area contributed by atoms with Crippen molar-refractivity contribution in [2.45, 2.75) is 0 Å². The van der Waals surface area contributed by atoms with Gasteiger partial charge in [0.2, 0.25) is 0 Å². The van der Waals surface area contributed by atoms with E-state index < -0.39 is 0 Å². The molecule has 0 atom stereocenters. The average molecular weight is 319 g/mol. The van der Waals surface area contributed by atoms with Crippen LogP contribution in [0.5, 0.6) is 0 Å². The minimum Gasteiger partial charge on any atom is -0.339 e. The molecule has 0 bridgehead atoms. The Labute approximate surface area is 111 Å². The van der Waals surface area contributed by atoms with Crippen LogP contribution >= 0.6 is 39.1 Å². The van der Waals surface area contributed by atoms with Crippen LogP contribution in [0.4, 0.5) is 11.5 Å². The third-order valence-electron chi connectivity index (χ3n) is 1.83. The van der Waals surface area contributed by atoms with Crippen molar-refractivity contribution in [3.8, 4) is 0 Å². The topological polar surface area (TPSA) is 37.8 Å². The van der Waals surface area contributed by atoms with Crippen molar-refractivity contribution in [2.75, 3.05) is 5.32 Å². The van der Waals surface area contributed by atoms with E-state index in [1.165, 1.54) is 6.33 Å². The van der Waals surface area contributed by atoms with Gasteiger partial charge in [0.25, 0.3) is 0 Å². The van der Waals surface area contributed by atoms with Gasteiger partial charge in [0, 0.05) is 10.7 Å². The molecule has 3 nitrogen and oxygen atoms in total. The zero-order valence-electron chi connectivity index (χ0n) is 7.92. The summed E-state index contributed by atoms with van der Waals surface area (Å²) in [5.41, 5.74) is 0.836. The van der Waals surface area contributed by atoms with Crippen molar-refractivity contribution in [1.82, 2.24) is 9.97 Å². The van der Waals surface area contributed by atoms with Gasteiger partial charge in [0.05, 0.1) is 4.47 Å². The molecule has 0 amide bonds. The molecule has 0 spiro atoms. The first kappa shape index (κ1) is 11.6. The fourth-order valence-electron chi connectivity index (χ4n) is 1.14. The second-order valence-electron chi connectivity index (χ2n) is 2.96. The number of rotatable bonds is 2. The average Bonchev–Trinajstić information content (AvgIpc) is 2.25. The predicted octanol–water partition coefficient (Wildman–Crippen LogP) is 4.29. The SMILES string of the molecule is Clc1cccc(Nc2ncnc(Cl)c2Br)c1. The van der Waals surface area contributed by atoms with Crippen LogP contribution in [-0.4, -0.2) is 9.97 Å². The van der Waals surface area contributed by atoms with Crippen LogP contribution in [0.15, 0.2) is 35.1 Å². The molecule has 16 heavy (non-hydrogen) atoms. The van der Waals surface area contributed by atoms with Gasteiger partial charge < -0.3 is 5.32 Å². The van der Waals surface area contributed by atoms with Crippen LogP contribution in [0.2, 0.25) is 10.2 Å². The Morgan fingerprint density at radius 3 is 2.75 bits per heavy atom. The lowest BCUT2D eigenvalue weighted by Crippen LogP contribution is -1.95. The molecule has 2 aromatic rings. The van der Waals surface area contributed by atoms with E-state index in [1.807, 2.05) is 12.1 Å². The number of benzene rings is 1. The second kappa shape index (κ2) is 4.99. The van der Waals surface area contributed by atoms with Gasteiger partial charge >= 0.3 is 0 Å². The van der Waals surface area contributed by atoms with Crippen LogP contribution in [0, 0.1) is 0 Å². The van der Waals surface area contributed by atoms with Crippen LogP contribution in [0.25, 0.3) is 0 Å². The largest absolute Gasteiger partial charge is 0.339 e. The highest BCUT2D eigenvalue weighted by Gasteiger charge is 2.06. The Kier molecular flexibility index (Phi) is 3.63. The Balaban J connectivity index is 2.31.